The maximum absolute atomic E-state index is 13.2. The summed E-state index contributed by atoms with van der Waals surface area (Å²) in [6.07, 6.45) is 4.76. The molecule has 1 aliphatic carbocycles. The van der Waals surface area contributed by atoms with Crippen LogP contribution in [0.4, 0.5) is 0 Å². The van der Waals surface area contributed by atoms with E-state index in [0.29, 0.717) is 30.1 Å². The van der Waals surface area contributed by atoms with E-state index in [9.17, 15) is 8.42 Å². The van der Waals surface area contributed by atoms with Gasteiger partial charge in [-0.15, -0.1) is 0 Å². The Balaban J connectivity index is 1.24. The Morgan fingerprint density at radius 3 is 2.54 bits per heavy atom. The summed E-state index contributed by atoms with van der Waals surface area (Å²) >= 11 is 0. The van der Waals surface area contributed by atoms with E-state index in [0.717, 1.165) is 70.7 Å². The highest BCUT2D eigenvalue weighted by Crippen LogP contribution is 2.41. The Bertz CT molecular complexity index is 821. The Morgan fingerprint density at radius 1 is 1.14 bits per heavy atom. The predicted molar refractivity (Wildman–Crippen MR) is 103 cm³/mol. The summed E-state index contributed by atoms with van der Waals surface area (Å²) in [5.41, 5.74) is 0.753. The summed E-state index contributed by atoms with van der Waals surface area (Å²) in [6, 6.07) is 2.21. The van der Waals surface area contributed by atoms with Gasteiger partial charge in [-0.3, -0.25) is 9.58 Å². The van der Waals surface area contributed by atoms with Crippen LogP contribution in [0.5, 0.6) is 0 Å². The van der Waals surface area contributed by atoms with Gasteiger partial charge in [-0.2, -0.15) is 9.40 Å². The van der Waals surface area contributed by atoms with Gasteiger partial charge in [0.2, 0.25) is 0 Å². The third-order valence-electron chi connectivity index (χ3n) is 6.84. The van der Waals surface area contributed by atoms with E-state index < -0.39 is 10.0 Å². The van der Waals surface area contributed by atoms with Gasteiger partial charge in [0.25, 0.3) is 10.0 Å². The minimum atomic E-state index is -3.51. The van der Waals surface area contributed by atoms with Crippen LogP contribution in [-0.2, 0) is 26.5 Å². The van der Waals surface area contributed by atoms with E-state index in [-0.39, 0.29) is 5.60 Å². The zero-order valence-corrected chi connectivity index (χ0v) is 17.4. The maximum atomic E-state index is 13.2. The highest BCUT2D eigenvalue weighted by molar-refractivity contribution is 7.89. The van der Waals surface area contributed by atoms with Crippen LogP contribution in [0.25, 0.3) is 0 Å². The number of sulfonamides is 1. The largest absolute Gasteiger partial charge is 0.379 e. The number of morpholine rings is 1. The van der Waals surface area contributed by atoms with Crippen LogP contribution < -0.4 is 0 Å². The molecule has 3 aliphatic heterocycles. The van der Waals surface area contributed by atoms with E-state index in [2.05, 4.69) is 10.00 Å². The molecule has 8 nitrogen and oxygen atoms in total. The van der Waals surface area contributed by atoms with Crippen molar-refractivity contribution < 1.29 is 17.9 Å². The predicted octanol–water partition coefficient (Wildman–Crippen LogP) is 0.942. The first kappa shape index (κ1) is 19.0. The molecule has 0 N–H and O–H groups in total. The SMILES string of the molecule is Cn1nc(C2CC2)cc1S(=O)(=O)N1CCC2(CC1)C[C@@H](N1CCOCC1)CO2. The molecule has 1 aromatic rings. The van der Waals surface area contributed by atoms with E-state index >= 15 is 0 Å². The summed E-state index contributed by atoms with van der Waals surface area (Å²) in [5.74, 6) is 0.448. The Labute approximate surface area is 166 Å². The van der Waals surface area contributed by atoms with Crippen molar-refractivity contribution in [3.8, 4) is 0 Å². The molecule has 4 fully saturated rings. The molecule has 4 heterocycles. The zero-order valence-electron chi connectivity index (χ0n) is 16.5. The second-order valence-corrected chi connectivity index (χ2v) is 10.6. The van der Waals surface area contributed by atoms with Gasteiger partial charge < -0.3 is 9.47 Å². The van der Waals surface area contributed by atoms with E-state index in [1.807, 2.05) is 0 Å². The third kappa shape index (κ3) is 3.41. The normalized spacial score (nSPS) is 29.5. The highest BCUT2D eigenvalue weighted by atomic mass is 32.2. The van der Waals surface area contributed by atoms with Crippen LogP contribution in [0.2, 0.25) is 0 Å². The van der Waals surface area contributed by atoms with Crippen LogP contribution in [0.15, 0.2) is 11.1 Å². The number of piperidine rings is 1. The molecule has 1 atom stereocenters. The van der Waals surface area contributed by atoms with E-state index in [4.69, 9.17) is 9.47 Å². The summed E-state index contributed by atoms with van der Waals surface area (Å²) < 4.78 is 41.2. The fraction of sp³-hybridized carbons (Fsp3) is 0.842. The molecular weight excluding hydrogens is 380 g/mol. The maximum Gasteiger partial charge on any atom is 0.260 e. The minimum absolute atomic E-state index is 0.166. The number of aryl methyl sites for hydroxylation is 1. The molecule has 0 unspecified atom stereocenters. The number of ether oxygens (including phenoxy) is 2. The van der Waals surface area contributed by atoms with Crippen LogP contribution in [-0.4, -0.2) is 85.0 Å². The smallest absolute Gasteiger partial charge is 0.260 e. The van der Waals surface area contributed by atoms with Crippen molar-refractivity contribution in [1.29, 1.82) is 0 Å². The fourth-order valence-corrected chi connectivity index (χ4v) is 6.48. The third-order valence-corrected chi connectivity index (χ3v) is 8.80. The second kappa shape index (κ2) is 7.05. The quantitative estimate of drug-likeness (QED) is 0.735. The van der Waals surface area contributed by atoms with Gasteiger partial charge in [0, 0.05) is 51.3 Å². The molecule has 0 aromatic carbocycles. The average Bonchev–Trinajstić information content (AvgIpc) is 3.36. The van der Waals surface area contributed by atoms with Gasteiger partial charge in [0.05, 0.1) is 31.1 Å². The molecule has 1 aromatic heterocycles. The van der Waals surface area contributed by atoms with Crippen LogP contribution in [0.1, 0.15) is 43.7 Å². The molecular formula is C19H30N4O4S. The molecule has 156 valence electrons. The van der Waals surface area contributed by atoms with Crippen molar-refractivity contribution in [2.24, 2.45) is 7.05 Å². The lowest BCUT2D eigenvalue weighted by atomic mass is 9.88. The van der Waals surface area contributed by atoms with Crippen molar-refractivity contribution in [2.45, 2.75) is 54.7 Å². The van der Waals surface area contributed by atoms with Crippen molar-refractivity contribution in [1.82, 2.24) is 19.0 Å². The molecule has 0 radical (unpaired) electrons. The standard InChI is InChI=1S/C19H30N4O4S/c1-21-18(12-17(20-21)15-2-3-15)28(24,25)23-6-4-19(5-7-23)13-16(14-27-19)22-8-10-26-11-9-22/h12,15-16H,2-11,13-14H2,1H3/t16-/m1/s1. The molecule has 4 aliphatic rings. The molecule has 9 heteroatoms. The Hall–Kier alpha value is -1.00. The van der Waals surface area contributed by atoms with Crippen molar-refractivity contribution in [2.75, 3.05) is 46.0 Å². The Morgan fingerprint density at radius 2 is 1.86 bits per heavy atom. The lowest BCUT2D eigenvalue weighted by Crippen LogP contribution is -2.48. The van der Waals surface area contributed by atoms with Gasteiger partial charge in [0.15, 0.2) is 5.03 Å². The number of rotatable bonds is 4. The Kier molecular flexibility index (Phi) is 4.78. The molecule has 3 saturated heterocycles. The monoisotopic (exact) mass is 410 g/mol. The summed E-state index contributed by atoms with van der Waals surface area (Å²) in [7, 11) is -1.77. The van der Waals surface area contributed by atoms with Crippen LogP contribution in [0, 0.1) is 0 Å². The van der Waals surface area contributed by atoms with Gasteiger partial charge in [-0.05, 0) is 32.1 Å². The first-order valence-corrected chi connectivity index (χ1v) is 11.9. The van der Waals surface area contributed by atoms with Crippen LogP contribution >= 0.6 is 0 Å². The highest BCUT2D eigenvalue weighted by Gasteiger charge is 2.46. The van der Waals surface area contributed by atoms with Crippen LogP contribution in [0.3, 0.4) is 0 Å². The summed E-state index contributed by atoms with van der Waals surface area (Å²) in [4.78, 5) is 2.47. The zero-order chi connectivity index (χ0) is 19.4. The van der Waals surface area contributed by atoms with Gasteiger partial charge in [0.1, 0.15) is 0 Å². The molecule has 28 heavy (non-hydrogen) atoms. The van der Waals surface area contributed by atoms with E-state index in [1.54, 1.807) is 17.4 Å². The fourth-order valence-electron chi connectivity index (χ4n) is 4.90. The number of hydrogen-bond acceptors (Lipinski definition) is 6. The van der Waals surface area contributed by atoms with Gasteiger partial charge >= 0.3 is 0 Å². The lowest BCUT2D eigenvalue weighted by Gasteiger charge is -2.38. The van der Waals surface area contributed by atoms with Crippen molar-refractivity contribution in [3.63, 3.8) is 0 Å². The first-order valence-electron chi connectivity index (χ1n) is 10.5. The molecule has 0 bridgehead atoms. The van der Waals surface area contributed by atoms with Gasteiger partial charge in [-0.25, -0.2) is 8.42 Å². The minimum Gasteiger partial charge on any atom is -0.379 e. The molecule has 0 amide bonds. The topological polar surface area (TPSA) is 76.9 Å². The number of aromatic nitrogens is 2. The van der Waals surface area contributed by atoms with Crippen molar-refractivity contribution >= 4 is 10.0 Å². The van der Waals surface area contributed by atoms with Crippen molar-refractivity contribution in [3.05, 3.63) is 11.8 Å². The first-order chi connectivity index (χ1) is 13.5. The second-order valence-electron chi connectivity index (χ2n) is 8.71. The summed E-state index contributed by atoms with van der Waals surface area (Å²) in [6.45, 7) is 5.30. The lowest BCUT2D eigenvalue weighted by molar-refractivity contribution is -0.0329. The number of hydrogen-bond donors (Lipinski definition) is 0. The summed E-state index contributed by atoms with van der Waals surface area (Å²) in [5, 5.41) is 4.76. The molecule has 5 rings (SSSR count). The van der Waals surface area contributed by atoms with Gasteiger partial charge in [-0.1, -0.05) is 0 Å². The molecule has 1 spiro atoms. The van der Waals surface area contributed by atoms with E-state index in [1.165, 1.54) is 4.68 Å². The number of nitrogens with zero attached hydrogens (tertiary/aromatic N) is 4. The average molecular weight is 411 g/mol. The molecule has 1 saturated carbocycles.